The van der Waals surface area contributed by atoms with Gasteiger partial charge >= 0.3 is 6.18 Å². The summed E-state index contributed by atoms with van der Waals surface area (Å²) in [6.07, 6.45) is -4.97. The number of carbonyl (C=O) groups excluding carboxylic acids is 1. The zero-order valence-electron chi connectivity index (χ0n) is 24.4. The van der Waals surface area contributed by atoms with E-state index >= 15 is 0 Å². The quantitative estimate of drug-likeness (QED) is 0.343. The number of amides is 1. The average Bonchev–Trinajstić information content (AvgIpc) is 2.94. The van der Waals surface area contributed by atoms with Gasteiger partial charge in [0.1, 0.15) is 6.10 Å². The molecule has 3 aromatic carbocycles. The Balaban J connectivity index is 1.66. The lowest BCUT2D eigenvalue weighted by atomic mass is 9.99. The van der Waals surface area contributed by atoms with Gasteiger partial charge in [-0.2, -0.15) is 13.2 Å². The maximum atomic E-state index is 13.7. The third-order valence-electron chi connectivity index (χ3n) is 7.49. The van der Waals surface area contributed by atoms with Crippen molar-refractivity contribution < 1.29 is 36.2 Å². The van der Waals surface area contributed by atoms with E-state index in [-0.39, 0.29) is 41.0 Å². The summed E-state index contributed by atoms with van der Waals surface area (Å²) in [6, 6.07) is 15.4. The number of para-hydroxylation sites is 1. The Labute approximate surface area is 250 Å². The fourth-order valence-electron chi connectivity index (χ4n) is 4.95. The smallest absolute Gasteiger partial charge is 0.416 e. The van der Waals surface area contributed by atoms with Gasteiger partial charge in [0.05, 0.1) is 34.4 Å². The van der Waals surface area contributed by atoms with E-state index in [0.29, 0.717) is 18.7 Å². The first kappa shape index (κ1) is 32.3. The van der Waals surface area contributed by atoms with Crippen molar-refractivity contribution in [1.29, 1.82) is 0 Å². The van der Waals surface area contributed by atoms with Crippen molar-refractivity contribution in [3.05, 3.63) is 89.0 Å². The molecular weight excluding hydrogens is 583 g/mol. The molecule has 0 radical (unpaired) electrons. The number of alkyl halides is 3. The van der Waals surface area contributed by atoms with Crippen molar-refractivity contribution in [2.45, 2.75) is 50.5 Å². The second-order valence-electron chi connectivity index (χ2n) is 11.1. The molecule has 232 valence electrons. The first-order chi connectivity index (χ1) is 20.2. The molecule has 0 bridgehead atoms. The van der Waals surface area contributed by atoms with Crippen LogP contribution in [0.1, 0.15) is 40.9 Å². The number of benzene rings is 3. The Morgan fingerprint density at radius 1 is 1.09 bits per heavy atom. The Bertz CT molecular complexity index is 1530. The zero-order valence-corrected chi connectivity index (χ0v) is 25.2. The van der Waals surface area contributed by atoms with E-state index in [9.17, 15) is 31.5 Å². The van der Waals surface area contributed by atoms with Gasteiger partial charge in [0.2, 0.25) is 0 Å². The number of carbonyl (C=O) groups is 1. The van der Waals surface area contributed by atoms with Crippen LogP contribution in [0.5, 0.6) is 5.75 Å². The van der Waals surface area contributed by atoms with Crippen molar-refractivity contribution in [1.82, 2.24) is 9.80 Å². The van der Waals surface area contributed by atoms with Crippen LogP contribution in [-0.4, -0.2) is 68.1 Å². The molecule has 1 aliphatic rings. The summed E-state index contributed by atoms with van der Waals surface area (Å²) < 4.78 is 74.6. The molecule has 8 nitrogen and oxygen atoms in total. The molecular formula is C31H36F3N3O5S. The maximum Gasteiger partial charge on any atom is 0.416 e. The molecule has 1 amide bonds. The van der Waals surface area contributed by atoms with Crippen molar-refractivity contribution >= 4 is 21.6 Å². The zero-order chi connectivity index (χ0) is 31.5. The van der Waals surface area contributed by atoms with Crippen LogP contribution in [0.4, 0.5) is 18.9 Å². The molecule has 4 rings (SSSR count). The number of halogens is 3. The number of likely N-dealkylation sites (N-methyl/N-ethyl adjacent to an activating group) is 1. The fraction of sp³-hybridized carbons (Fsp3) is 0.387. The number of rotatable bonds is 9. The molecule has 0 aliphatic carbocycles. The van der Waals surface area contributed by atoms with Gasteiger partial charge in [-0.15, -0.1) is 0 Å². The van der Waals surface area contributed by atoms with Crippen LogP contribution < -0.4 is 9.46 Å². The van der Waals surface area contributed by atoms with Crippen LogP contribution in [0.25, 0.3) is 0 Å². The van der Waals surface area contributed by atoms with Crippen LogP contribution in [0.15, 0.2) is 71.6 Å². The average molecular weight is 620 g/mol. The largest absolute Gasteiger partial charge is 0.486 e. The van der Waals surface area contributed by atoms with E-state index in [1.807, 2.05) is 18.7 Å². The molecule has 0 unspecified atom stereocenters. The lowest BCUT2D eigenvalue weighted by molar-refractivity contribution is -0.137. The Morgan fingerprint density at radius 2 is 1.74 bits per heavy atom. The molecule has 3 aromatic rings. The third-order valence-corrected chi connectivity index (χ3v) is 8.87. The molecule has 3 atom stereocenters. The molecule has 43 heavy (non-hydrogen) atoms. The number of nitrogens with one attached hydrogen (secondary N) is 1. The molecule has 0 spiro atoms. The highest BCUT2D eigenvalue weighted by Gasteiger charge is 2.35. The van der Waals surface area contributed by atoms with Crippen molar-refractivity contribution in [3.8, 4) is 5.75 Å². The third kappa shape index (κ3) is 7.67. The highest BCUT2D eigenvalue weighted by atomic mass is 32.2. The number of aliphatic hydroxyl groups excluding tert-OH is 1. The number of hydrogen-bond acceptors (Lipinski definition) is 6. The van der Waals surface area contributed by atoms with E-state index in [0.717, 1.165) is 17.7 Å². The second kappa shape index (κ2) is 12.9. The van der Waals surface area contributed by atoms with Crippen molar-refractivity contribution in [2.24, 2.45) is 5.92 Å². The van der Waals surface area contributed by atoms with Crippen LogP contribution >= 0.6 is 0 Å². The van der Waals surface area contributed by atoms with Gasteiger partial charge in [0, 0.05) is 25.6 Å². The second-order valence-corrected chi connectivity index (χ2v) is 12.8. The van der Waals surface area contributed by atoms with Gasteiger partial charge in [-0.3, -0.25) is 14.4 Å². The molecule has 1 heterocycles. The predicted octanol–water partition coefficient (Wildman–Crippen LogP) is 5.17. The Hall–Kier alpha value is -3.61. The molecule has 1 aliphatic heterocycles. The number of fused-ring (bicyclic) bond motifs is 1. The molecule has 2 N–H and O–H groups in total. The topological polar surface area (TPSA) is 99.2 Å². The van der Waals surface area contributed by atoms with Crippen LogP contribution in [0.3, 0.4) is 0 Å². The number of nitrogens with zero attached hydrogens (tertiary/aromatic N) is 2. The fourth-order valence-corrected chi connectivity index (χ4v) is 6.01. The maximum absolute atomic E-state index is 13.7. The van der Waals surface area contributed by atoms with E-state index in [1.165, 1.54) is 30.3 Å². The van der Waals surface area contributed by atoms with Gasteiger partial charge in [-0.25, -0.2) is 8.42 Å². The van der Waals surface area contributed by atoms with Crippen LogP contribution in [0.2, 0.25) is 0 Å². The number of anilines is 1. The highest BCUT2D eigenvalue weighted by molar-refractivity contribution is 7.92. The molecule has 0 fully saturated rings. The molecule has 0 saturated heterocycles. The highest BCUT2D eigenvalue weighted by Crippen LogP contribution is 2.36. The normalized spacial score (nSPS) is 18.4. The number of aryl methyl sites for hydroxylation is 1. The first-order valence-corrected chi connectivity index (χ1v) is 15.3. The van der Waals surface area contributed by atoms with Crippen LogP contribution in [0, 0.1) is 12.8 Å². The number of sulfonamides is 1. The van der Waals surface area contributed by atoms with Gasteiger partial charge < -0.3 is 14.7 Å². The Morgan fingerprint density at radius 3 is 2.35 bits per heavy atom. The van der Waals surface area contributed by atoms with Crippen molar-refractivity contribution in [3.63, 3.8) is 0 Å². The van der Waals surface area contributed by atoms with Crippen molar-refractivity contribution in [2.75, 3.05) is 31.5 Å². The van der Waals surface area contributed by atoms with E-state index in [1.54, 1.807) is 43.1 Å². The monoisotopic (exact) mass is 619 g/mol. The van der Waals surface area contributed by atoms with Gasteiger partial charge in [0.25, 0.3) is 15.9 Å². The number of aliphatic hydroxyl groups is 1. The summed E-state index contributed by atoms with van der Waals surface area (Å²) in [5.74, 6) is -0.600. The van der Waals surface area contributed by atoms with Crippen LogP contribution in [-0.2, 0) is 22.7 Å². The predicted molar refractivity (Wildman–Crippen MR) is 157 cm³/mol. The summed E-state index contributed by atoms with van der Waals surface area (Å²) in [7, 11) is -2.23. The van der Waals surface area contributed by atoms with Gasteiger partial charge in [0.15, 0.2) is 5.75 Å². The Kier molecular flexibility index (Phi) is 9.73. The lowest BCUT2D eigenvalue weighted by Gasteiger charge is -2.38. The van der Waals surface area contributed by atoms with Gasteiger partial charge in [-0.05, 0) is 62.9 Å². The van der Waals surface area contributed by atoms with E-state index in [2.05, 4.69) is 4.72 Å². The summed E-state index contributed by atoms with van der Waals surface area (Å²) in [5.41, 5.74) is 1.08. The number of hydrogen-bond donors (Lipinski definition) is 2. The minimum Gasteiger partial charge on any atom is -0.486 e. The minimum absolute atomic E-state index is 0.0459. The molecule has 0 aromatic heterocycles. The van der Waals surface area contributed by atoms with E-state index in [4.69, 9.17) is 4.74 Å². The lowest BCUT2D eigenvalue weighted by Crippen LogP contribution is -2.49. The summed E-state index contributed by atoms with van der Waals surface area (Å²) in [6.45, 7) is 6.10. The SMILES string of the molecule is Cc1ccc(S(=O)(=O)Nc2cccc3c2O[C@@H](CN(C)Cc2ccc(C(F)(F)F)cc2)[C@@H](C)CN([C@H](C)CO)C3=O)cc1. The minimum atomic E-state index is -4.42. The molecule has 0 saturated carbocycles. The molecule has 12 heteroatoms. The summed E-state index contributed by atoms with van der Waals surface area (Å²) >= 11 is 0. The number of ether oxygens (including phenoxy) is 1. The first-order valence-electron chi connectivity index (χ1n) is 13.8. The summed E-state index contributed by atoms with van der Waals surface area (Å²) in [4.78, 5) is 17.2. The van der Waals surface area contributed by atoms with Gasteiger partial charge in [-0.1, -0.05) is 42.8 Å². The standard InChI is InChI=1S/C31H36F3N3O5S/c1-20-8-14-25(15-9-20)43(40,41)35-27-7-5-6-26-29(27)42-28(21(2)16-37(30(26)39)22(3)19-38)18-36(4)17-23-10-12-24(13-11-23)31(32,33)34/h5-15,21-22,28,35,38H,16-19H2,1-4H3/t21-,22+,28-/m0/s1. The van der Waals surface area contributed by atoms with E-state index < -0.39 is 39.8 Å². The summed E-state index contributed by atoms with van der Waals surface area (Å²) in [5, 5.41) is 9.90.